The van der Waals surface area contributed by atoms with Gasteiger partial charge in [-0.15, -0.1) is 0 Å². The molecule has 1 amide bonds. The van der Waals surface area contributed by atoms with Crippen LogP contribution in [0.5, 0.6) is 0 Å². The average molecular weight is 407 g/mol. The van der Waals surface area contributed by atoms with Gasteiger partial charge in [0.05, 0.1) is 6.54 Å². The summed E-state index contributed by atoms with van der Waals surface area (Å²) in [5.74, 6) is 0.916. The van der Waals surface area contributed by atoms with Crippen LogP contribution in [-0.4, -0.2) is 10.8 Å². The zero-order valence-corrected chi connectivity index (χ0v) is 17.7. The summed E-state index contributed by atoms with van der Waals surface area (Å²) in [5.41, 5.74) is 2.24. The van der Waals surface area contributed by atoms with Gasteiger partial charge < -0.3 is 5.32 Å². The molecule has 5 rings (SSSR count). The van der Waals surface area contributed by atoms with Crippen LogP contribution in [0.2, 0.25) is 0 Å². The van der Waals surface area contributed by atoms with Crippen molar-refractivity contribution in [2.24, 2.45) is 0 Å². The predicted molar refractivity (Wildman–Crippen MR) is 126 cm³/mol. The molecule has 1 atom stereocenters. The Labute approximate surface area is 183 Å². The lowest BCUT2D eigenvalue weighted by Crippen LogP contribution is -2.45. The van der Waals surface area contributed by atoms with Crippen LogP contribution in [0.4, 0.5) is 0 Å². The van der Waals surface area contributed by atoms with E-state index in [0.29, 0.717) is 6.54 Å². The number of rotatable bonds is 4. The standard InChI is InChI=1S/C28H26N2O/c1-2-26-29-28(23-15-5-3-6-16-23,24-17-7-4-8-18-24)27(31)30(26)20-22-14-11-13-21-12-9-10-19-25(21)22/h2-3,5-7,9-19,29H,4,8,20H2,1H3/b26-2+. The summed E-state index contributed by atoms with van der Waals surface area (Å²) in [5, 5.41) is 6.00. The third-order valence-corrected chi connectivity index (χ3v) is 6.29. The maximum Gasteiger partial charge on any atom is 0.263 e. The highest BCUT2D eigenvalue weighted by Gasteiger charge is 2.52. The molecule has 1 heterocycles. The van der Waals surface area contributed by atoms with Crippen molar-refractivity contribution >= 4 is 16.7 Å². The van der Waals surface area contributed by atoms with Crippen molar-refractivity contribution in [1.29, 1.82) is 0 Å². The van der Waals surface area contributed by atoms with Crippen LogP contribution in [0.15, 0.2) is 108 Å². The maximum atomic E-state index is 14.2. The molecule has 154 valence electrons. The molecule has 0 saturated carbocycles. The topological polar surface area (TPSA) is 32.3 Å². The zero-order valence-electron chi connectivity index (χ0n) is 17.7. The fourth-order valence-corrected chi connectivity index (χ4v) is 4.75. The summed E-state index contributed by atoms with van der Waals surface area (Å²) in [6.07, 6.45) is 10.4. The quantitative estimate of drug-likeness (QED) is 0.593. The monoisotopic (exact) mass is 406 g/mol. The van der Waals surface area contributed by atoms with Gasteiger partial charge in [-0.2, -0.15) is 0 Å². The van der Waals surface area contributed by atoms with Gasteiger partial charge in [-0.05, 0) is 53.3 Å². The molecule has 0 aromatic heterocycles. The molecule has 1 saturated heterocycles. The zero-order chi connectivity index (χ0) is 21.3. The third-order valence-electron chi connectivity index (χ3n) is 6.29. The van der Waals surface area contributed by atoms with Gasteiger partial charge in [-0.25, -0.2) is 0 Å². The molecule has 2 aliphatic rings. The summed E-state index contributed by atoms with van der Waals surface area (Å²) < 4.78 is 0. The van der Waals surface area contributed by atoms with E-state index in [2.05, 4.69) is 59.9 Å². The highest BCUT2D eigenvalue weighted by molar-refractivity contribution is 5.96. The van der Waals surface area contributed by atoms with E-state index in [1.807, 2.05) is 54.3 Å². The van der Waals surface area contributed by atoms with E-state index < -0.39 is 5.54 Å². The van der Waals surface area contributed by atoms with E-state index in [1.165, 1.54) is 10.8 Å². The van der Waals surface area contributed by atoms with Crippen molar-refractivity contribution in [3.63, 3.8) is 0 Å². The summed E-state index contributed by atoms with van der Waals surface area (Å²) in [6, 6.07) is 24.7. The van der Waals surface area contributed by atoms with Crippen LogP contribution in [0.25, 0.3) is 10.8 Å². The Bertz CT molecular complexity index is 1220. The van der Waals surface area contributed by atoms with Crippen molar-refractivity contribution in [2.45, 2.75) is 31.8 Å². The van der Waals surface area contributed by atoms with Gasteiger partial charge in [-0.1, -0.05) is 91.0 Å². The molecule has 1 unspecified atom stereocenters. The van der Waals surface area contributed by atoms with Crippen molar-refractivity contribution in [3.05, 3.63) is 120 Å². The first-order valence-electron chi connectivity index (χ1n) is 10.9. The smallest absolute Gasteiger partial charge is 0.263 e. The Hall–Kier alpha value is -3.59. The van der Waals surface area contributed by atoms with Crippen molar-refractivity contribution < 1.29 is 4.79 Å². The minimum Gasteiger partial charge on any atom is -0.350 e. The molecule has 0 bridgehead atoms. The predicted octanol–water partition coefficient (Wildman–Crippen LogP) is 5.80. The molecule has 1 N–H and O–H groups in total. The van der Waals surface area contributed by atoms with Crippen molar-refractivity contribution in [2.75, 3.05) is 0 Å². The Kier molecular flexibility index (Phi) is 4.95. The van der Waals surface area contributed by atoms with E-state index in [1.54, 1.807) is 0 Å². The molecule has 3 heteroatoms. The molecule has 1 aliphatic heterocycles. The van der Waals surface area contributed by atoms with Gasteiger partial charge in [-0.3, -0.25) is 9.69 Å². The number of hydrogen-bond donors (Lipinski definition) is 1. The fraction of sp³-hybridized carbons (Fsp3) is 0.179. The molecule has 1 fully saturated rings. The van der Waals surface area contributed by atoms with Crippen molar-refractivity contribution in [1.82, 2.24) is 10.2 Å². The summed E-state index contributed by atoms with van der Waals surface area (Å²) >= 11 is 0. The number of amides is 1. The SMILES string of the molecule is C/C=C1\NC(C2=CCCC=C2)(c2ccccc2)C(=O)N1Cc1cccc2ccccc12. The molecular weight excluding hydrogens is 380 g/mol. The van der Waals surface area contributed by atoms with Gasteiger partial charge >= 0.3 is 0 Å². The number of benzene rings is 3. The van der Waals surface area contributed by atoms with E-state index in [9.17, 15) is 4.79 Å². The summed E-state index contributed by atoms with van der Waals surface area (Å²) in [4.78, 5) is 16.1. The van der Waals surface area contributed by atoms with E-state index >= 15 is 0 Å². The highest BCUT2D eigenvalue weighted by atomic mass is 16.2. The van der Waals surface area contributed by atoms with Gasteiger partial charge in [0.1, 0.15) is 5.82 Å². The van der Waals surface area contributed by atoms with E-state index in [4.69, 9.17) is 0 Å². The van der Waals surface area contributed by atoms with Crippen LogP contribution >= 0.6 is 0 Å². The summed E-state index contributed by atoms with van der Waals surface area (Å²) in [7, 11) is 0. The molecule has 0 spiro atoms. The fourth-order valence-electron chi connectivity index (χ4n) is 4.75. The van der Waals surface area contributed by atoms with Gasteiger partial charge in [0.15, 0.2) is 5.54 Å². The Morgan fingerprint density at radius 3 is 2.52 bits per heavy atom. The largest absolute Gasteiger partial charge is 0.350 e. The second-order valence-corrected chi connectivity index (χ2v) is 8.08. The van der Waals surface area contributed by atoms with Crippen LogP contribution in [0.1, 0.15) is 30.9 Å². The van der Waals surface area contributed by atoms with Gasteiger partial charge in [0, 0.05) is 0 Å². The lowest BCUT2D eigenvalue weighted by atomic mass is 9.80. The number of hydrogen-bond acceptors (Lipinski definition) is 2. The lowest BCUT2D eigenvalue weighted by molar-refractivity contribution is -0.131. The first kappa shape index (κ1) is 19.4. The number of allylic oxidation sites excluding steroid dienone is 3. The van der Waals surface area contributed by atoms with Gasteiger partial charge in [0.25, 0.3) is 5.91 Å². The number of carbonyl (C=O) groups excluding carboxylic acids is 1. The molecule has 3 aromatic rings. The first-order valence-corrected chi connectivity index (χ1v) is 10.9. The number of fused-ring (bicyclic) bond motifs is 1. The number of carbonyl (C=O) groups is 1. The second kappa shape index (κ2) is 7.92. The van der Waals surface area contributed by atoms with Crippen molar-refractivity contribution in [3.8, 4) is 0 Å². The molecular formula is C28H26N2O. The minimum atomic E-state index is -0.898. The Morgan fingerprint density at radius 1 is 0.968 bits per heavy atom. The molecule has 3 aromatic carbocycles. The van der Waals surface area contributed by atoms with Crippen LogP contribution < -0.4 is 5.32 Å². The molecule has 0 radical (unpaired) electrons. The van der Waals surface area contributed by atoms with Gasteiger partial charge in [0.2, 0.25) is 0 Å². The van der Waals surface area contributed by atoms with E-state index in [-0.39, 0.29) is 5.91 Å². The maximum absolute atomic E-state index is 14.2. The second-order valence-electron chi connectivity index (χ2n) is 8.08. The normalized spacial score (nSPS) is 22.1. The molecule has 31 heavy (non-hydrogen) atoms. The van der Waals surface area contributed by atoms with E-state index in [0.717, 1.165) is 35.4 Å². The van der Waals surface area contributed by atoms with Crippen LogP contribution in [0, 0.1) is 0 Å². The highest BCUT2D eigenvalue weighted by Crippen LogP contribution is 2.41. The number of nitrogens with zero attached hydrogens (tertiary/aromatic N) is 1. The Balaban J connectivity index is 1.62. The number of nitrogens with one attached hydrogen (secondary N) is 1. The molecule has 3 nitrogen and oxygen atoms in total. The minimum absolute atomic E-state index is 0.0672. The van der Waals surface area contributed by atoms with Crippen LogP contribution in [0.3, 0.4) is 0 Å². The molecule has 1 aliphatic carbocycles. The first-order chi connectivity index (χ1) is 15.2. The Morgan fingerprint density at radius 2 is 1.74 bits per heavy atom. The summed E-state index contributed by atoms with van der Waals surface area (Å²) in [6.45, 7) is 2.51. The lowest BCUT2D eigenvalue weighted by Gasteiger charge is -2.30. The third kappa shape index (κ3) is 3.17. The van der Waals surface area contributed by atoms with Crippen LogP contribution in [-0.2, 0) is 16.9 Å². The average Bonchev–Trinajstić information content (AvgIpc) is 3.13.